The van der Waals surface area contributed by atoms with Crippen molar-refractivity contribution in [3.8, 4) is 0 Å². The van der Waals surface area contributed by atoms with E-state index in [0.717, 1.165) is 56.4 Å². The molecule has 2 aromatic carbocycles. The summed E-state index contributed by atoms with van der Waals surface area (Å²) in [7, 11) is 0. The SMILES string of the molecule is C/C(C=C1C=CC=C1)=C(\C)C([OH+][C-]1C=C[C-]2C=CC=CC2=C1c1c(=O)cc[c-]2ccccc12)=C1C=CC=C1. The van der Waals surface area contributed by atoms with Gasteiger partial charge in [0.15, 0.2) is 0 Å². The zero-order chi connectivity index (χ0) is 26.1. The van der Waals surface area contributed by atoms with Gasteiger partial charge in [0.25, 0.3) is 5.76 Å². The van der Waals surface area contributed by atoms with Crippen molar-refractivity contribution in [2.24, 2.45) is 0 Å². The van der Waals surface area contributed by atoms with Crippen LogP contribution in [0, 0.1) is 12.0 Å². The maximum absolute atomic E-state index is 13.5. The number of hydrogen-bond acceptors (Lipinski definition) is 1. The first kappa shape index (κ1) is 23.6. The van der Waals surface area contributed by atoms with Gasteiger partial charge in [0.05, 0.1) is 5.57 Å². The van der Waals surface area contributed by atoms with Gasteiger partial charge in [0, 0.05) is 5.57 Å². The molecule has 0 amide bonds. The number of ether oxygens (including phenoxy) is 1. The predicted octanol–water partition coefficient (Wildman–Crippen LogP) is 8.34. The van der Waals surface area contributed by atoms with Crippen molar-refractivity contribution in [3.05, 3.63) is 189 Å². The Morgan fingerprint density at radius 2 is 1.58 bits per heavy atom. The van der Waals surface area contributed by atoms with Gasteiger partial charge in [-0.15, -0.1) is 65.6 Å². The van der Waals surface area contributed by atoms with Gasteiger partial charge in [0.1, 0.15) is 11.5 Å². The van der Waals surface area contributed by atoms with E-state index in [1.165, 1.54) is 5.57 Å². The monoisotopic (exact) mass is 492 g/mol. The van der Waals surface area contributed by atoms with Crippen LogP contribution in [0.5, 0.6) is 0 Å². The highest BCUT2D eigenvalue weighted by molar-refractivity contribution is 6.00. The predicted molar refractivity (Wildman–Crippen MR) is 159 cm³/mol. The summed E-state index contributed by atoms with van der Waals surface area (Å²) in [5, 5.41) is 1.98. The van der Waals surface area contributed by atoms with E-state index in [1.54, 1.807) is 6.07 Å². The van der Waals surface area contributed by atoms with Gasteiger partial charge in [-0.05, 0) is 37.1 Å². The van der Waals surface area contributed by atoms with E-state index in [1.807, 2.05) is 66.8 Å². The lowest BCUT2D eigenvalue weighted by atomic mass is 9.79. The molecule has 0 saturated heterocycles. The fourth-order valence-electron chi connectivity index (χ4n) is 5.17. The summed E-state index contributed by atoms with van der Waals surface area (Å²) in [5.41, 5.74) is 7.05. The third-order valence-corrected chi connectivity index (χ3v) is 7.23. The molecule has 0 saturated carbocycles. The zero-order valence-electron chi connectivity index (χ0n) is 21.5. The van der Waals surface area contributed by atoms with E-state index in [9.17, 15) is 4.79 Å². The number of fused-ring (bicyclic) bond motifs is 2. The first-order valence-electron chi connectivity index (χ1n) is 12.9. The maximum Gasteiger partial charge on any atom is 0.262 e. The van der Waals surface area contributed by atoms with Crippen molar-refractivity contribution < 1.29 is 4.74 Å². The van der Waals surface area contributed by atoms with Gasteiger partial charge in [0.2, 0.25) is 0 Å². The molecule has 6 rings (SSSR count). The van der Waals surface area contributed by atoms with Crippen molar-refractivity contribution >= 4 is 16.3 Å². The molecule has 0 bridgehead atoms. The molecule has 1 N–H and O–H groups in total. The highest BCUT2D eigenvalue weighted by Crippen LogP contribution is 2.43. The van der Waals surface area contributed by atoms with Crippen LogP contribution in [0.3, 0.4) is 0 Å². The zero-order valence-corrected chi connectivity index (χ0v) is 21.5. The van der Waals surface area contributed by atoms with Crippen LogP contribution in [0.15, 0.2) is 166 Å². The first-order valence-corrected chi connectivity index (χ1v) is 12.9. The van der Waals surface area contributed by atoms with Crippen LogP contribution < -0.4 is 5.43 Å². The topological polar surface area (TPSA) is 29.9 Å². The van der Waals surface area contributed by atoms with Crippen molar-refractivity contribution in [2.75, 3.05) is 0 Å². The number of benzene rings is 2. The van der Waals surface area contributed by atoms with Crippen LogP contribution in [0.25, 0.3) is 16.3 Å². The summed E-state index contributed by atoms with van der Waals surface area (Å²) >= 11 is 0. The normalized spacial score (nSPS) is 17.7. The molecule has 0 spiro atoms. The Labute approximate surface area is 223 Å². The van der Waals surface area contributed by atoms with E-state index in [2.05, 4.69) is 68.5 Å². The number of rotatable bonds is 5. The second kappa shape index (κ2) is 9.91. The minimum atomic E-state index is -0.000602. The number of allylic oxidation sites excluding steroid dienone is 19. The van der Waals surface area contributed by atoms with Crippen molar-refractivity contribution in [1.29, 1.82) is 0 Å². The first-order chi connectivity index (χ1) is 18.6. The van der Waals surface area contributed by atoms with E-state index in [4.69, 9.17) is 4.74 Å². The lowest BCUT2D eigenvalue weighted by molar-refractivity contribution is 0.0900. The largest absolute Gasteiger partial charge is 0.596 e. The van der Waals surface area contributed by atoms with Gasteiger partial charge >= 0.3 is 0 Å². The fraction of sp³-hybridized carbons (Fsp3) is 0.0556. The smallest absolute Gasteiger partial charge is 0.262 e. The molecule has 0 unspecified atom stereocenters. The fourth-order valence-corrected chi connectivity index (χ4v) is 5.17. The van der Waals surface area contributed by atoms with Gasteiger partial charge < -0.3 is 9.53 Å². The van der Waals surface area contributed by atoms with E-state index >= 15 is 0 Å². The van der Waals surface area contributed by atoms with Crippen LogP contribution in [-0.4, -0.2) is 4.74 Å². The van der Waals surface area contributed by atoms with Crippen LogP contribution in [0.2, 0.25) is 0 Å². The molecule has 2 heteroatoms. The second-order valence-electron chi connectivity index (χ2n) is 9.65. The van der Waals surface area contributed by atoms with Gasteiger partial charge in [-0.3, -0.25) is 0 Å². The minimum absolute atomic E-state index is 0.000602. The van der Waals surface area contributed by atoms with Crippen molar-refractivity contribution in [1.82, 2.24) is 0 Å². The highest BCUT2D eigenvalue weighted by Gasteiger charge is 2.24. The summed E-state index contributed by atoms with van der Waals surface area (Å²) in [6.45, 7) is 4.25. The lowest BCUT2D eigenvalue weighted by Crippen LogP contribution is -2.21. The Balaban J connectivity index is 1.52. The highest BCUT2D eigenvalue weighted by atomic mass is 16.5. The molecule has 186 valence electrons. The molecular weight excluding hydrogens is 464 g/mol. The summed E-state index contributed by atoms with van der Waals surface area (Å²) in [4.78, 5) is 13.5. The quantitative estimate of drug-likeness (QED) is 0.234. The van der Waals surface area contributed by atoms with E-state index < -0.39 is 0 Å². The van der Waals surface area contributed by atoms with E-state index in [-0.39, 0.29) is 5.43 Å². The minimum Gasteiger partial charge on any atom is -0.596 e. The third kappa shape index (κ3) is 4.31. The molecule has 2 aromatic rings. The van der Waals surface area contributed by atoms with Crippen LogP contribution in [0.4, 0.5) is 0 Å². The number of hydrogen-bond donors (Lipinski definition) is 0. The van der Waals surface area contributed by atoms with Crippen LogP contribution in [0.1, 0.15) is 19.4 Å². The molecule has 38 heavy (non-hydrogen) atoms. The molecule has 0 heterocycles. The molecule has 0 aromatic heterocycles. The average molecular weight is 493 g/mol. The van der Waals surface area contributed by atoms with Crippen LogP contribution >= 0.6 is 0 Å². The van der Waals surface area contributed by atoms with Gasteiger partial charge in [-0.2, -0.15) is 23.6 Å². The van der Waals surface area contributed by atoms with Gasteiger partial charge in [-0.25, -0.2) is 0 Å². The average Bonchev–Trinajstić information content (AvgIpc) is 3.66. The third-order valence-electron chi connectivity index (χ3n) is 7.23. The molecule has 4 aliphatic rings. The Morgan fingerprint density at radius 3 is 2.39 bits per heavy atom. The molecular formula is C36H28O2-2. The summed E-state index contributed by atoms with van der Waals surface area (Å²) in [6.07, 6.45) is 31.9. The Bertz CT molecular complexity index is 1690. The van der Waals surface area contributed by atoms with Crippen molar-refractivity contribution in [3.63, 3.8) is 0 Å². The molecule has 0 atom stereocenters. The maximum atomic E-state index is 13.5. The molecule has 2 nitrogen and oxygen atoms in total. The summed E-state index contributed by atoms with van der Waals surface area (Å²) in [6, 6.07) is 11.7. The molecule has 4 aliphatic carbocycles. The standard InChI is InChI=1S/C36H28O2/c1-24(23-26-11-3-4-12-26)25(2)36(29-15-5-6-16-29)38-33-22-20-28-14-8-10-18-31(28)35(33)34-30-17-9-7-13-27(30)19-21-32(34)37/h3-23,38H,1-2H3/q-2/b25-24-. The molecule has 0 radical (unpaired) electrons. The van der Waals surface area contributed by atoms with Crippen LogP contribution in [-0.2, 0) is 0 Å². The summed E-state index contributed by atoms with van der Waals surface area (Å²) in [5.74, 6) is 1.98. The Hall–Kier alpha value is -4.82. The Morgan fingerprint density at radius 1 is 0.816 bits per heavy atom. The van der Waals surface area contributed by atoms with Gasteiger partial charge in [-0.1, -0.05) is 59.5 Å². The lowest BCUT2D eigenvalue weighted by Gasteiger charge is -2.40. The second-order valence-corrected chi connectivity index (χ2v) is 9.65. The van der Waals surface area contributed by atoms with Crippen molar-refractivity contribution in [2.45, 2.75) is 13.8 Å². The molecule has 0 aliphatic heterocycles. The summed E-state index contributed by atoms with van der Waals surface area (Å²) < 4.78 is 5.33. The number of aliphatic hydroxyl groups is 2. The van der Waals surface area contributed by atoms with E-state index in [0.29, 0.717) is 5.56 Å². The Kier molecular flexibility index (Phi) is 6.15. The molecule has 0 fully saturated rings.